The zero-order chi connectivity index (χ0) is 48.9. The summed E-state index contributed by atoms with van der Waals surface area (Å²) in [4.78, 5) is 68.2. The number of aliphatic hydroxyl groups excluding tert-OH is 4. The van der Waals surface area contributed by atoms with Crippen molar-refractivity contribution < 1.29 is 53.8 Å². The number of rotatable bonds is 19. The van der Waals surface area contributed by atoms with Crippen molar-refractivity contribution in [1.29, 1.82) is 0 Å². The maximum absolute atomic E-state index is 14.0. The molecule has 0 spiro atoms. The number of anilines is 1. The first-order valence-electron chi connectivity index (χ1n) is 22.2. The maximum Gasteiger partial charge on any atom is 0.246 e. The van der Waals surface area contributed by atoms with Gasteiger partial charge in [-0.05, 0) is 53.6 Å². The van der Waals surface area contributed by atoms with Gasteiger partial charge in [-0.2, -0.15) is 0 Å². The quantitative estimate of drug-likeness (QED) is 0.0585. The number of carbonyl (C=O) groups is 4. The maximum atomic E-state index is 14.0. The van der Waals surface area contributed by atoms with E-state index in [0.717, 1.165) is 21.7 Å². The number of carbonyl (C=O) groups excluding carboxylic acids is 4. The number of amides is 3. The van der Waals surface area contributed by atoms with E-state index in [0.29, 0.717) is 17.5 Å². The highest BCUT2D eigenvalue weighted by molar-refractivity contribution is 7.13. The van der Waals surface area contributed by atoms with Crippen LogP contribution in [0.5, 0.6) is 5.75 Å². The summed E-state index contributed by atoms with van der Waals surface area (Å²) in [6.45, 7) is 7.39. The average Bonchev–Trinajstić information content (AvgIpc) is 4.11. The van der Waals surface area contributed by atoms with Crippen LogP contribution in [0.2, 0.25) is 5.02 Å². The molecule has 2 aromatic carbocycles. The average molecular weight is 978 g/mol. The number of hydrogen-bond acceptors (Lipinski definition) is 16. The molecule has 2 fully saturated rings. The number of thiazole rings is 1. The summed E-state index contributed by atoms with van der Waals surface area (Å²) in [7, 11) is 0. The van der Waals surface area contributed by atoms with Crippen molar-refractivity contribution >= 4 is 63.3 Å². The van der Waals surface area contributed by atoms with E-state index in [1.54, 1.807) is 49.9 Å². The van der Waals surface area contributed by atoms with E-state index in [4.69, 9.17) is 31.5 Å². The summed E-state index contributed by atoms with van der Waals surface area (Å²) >= 11 is 7.91. The van der Waals surface area contributed by atoms with Gasteiger partial charge >= 0.3 is 0 Å². The molecule has 5 heterocycles. The second-order valence-corrected chi connectivity index (χ2v) is 19.3. The van der Waals surface area contributed by atoms with Crippen molar-refractivity contribution in [2.75, 3.05) is 32.1 Å². The van der Waals surface area contributed by atoms with Crippen molar-refractivity contribution in [3.8, 4) is 16.2 Å². The van der Waals surface area contributed by atoms with Gasteiger partial charge in [-0.1, -0.05) is 62.7 Å². The number of β-amino-alcohol motifs (C(OH)–C–C–N with tert-alkyl or cyclic N) is 1. The van der Waals surface area contributed by atoms with Gasteiger partial charge in [-0.3, -0.25) is 19.2 Å². The van der Waals surface area contributed by atoms with Gasteiger partial charge in [0.05, 0.1) is 39.2 Å². The molecule has 0 radical (unpaired) electrons. The lowest BCUT2D eigenvalue weighted by Gasteiger charge is -2.35. The van der Waals surface area contributed by atoms with Crippen LogP contribution in [0, 0.1) is 12.3 Å². The number of likely N-dealkylation sites (tertiary alicyclic amines) is 1. The molecule has 68 heavy (non-hydrogen) atoms. The lowest BCUT2D eigenvalue weighted by Crippen LogP contribution is -2.57. The summed E-state index contributed by atoms with van der Waals surface area (Å²) in [5, 5.41) is 50.0. The van der Waals surface area contributed by atoms with Crippen molar-refractivity contribution in [3.05, 3.63) is 88.4 Å². The molecule has 21 heteroatoms. The summed E-state index contributed by atoms with van der Waals surface area (Å²) in [6.07, 6.45) is -4.31. The minimum atomic E-state index is -1.49. The number of aliphatic hydroxyl groups is 4. The van der Waals surface area contributed by atoms with Crippen LogP contribution in [0.15, 0.2) is 66.6 Å². The number of ketones is 1. The number of benzene rings is 2. The van der Waals surface area contributed by atoms with E-state index in [1.807, 2.05) is 31.2 Å². The summed E-state index contributed by atoms with van der Waals surface area (Å²) in [5.74, 6) is -1.24. The van der Waals surface area contributed by atoms with E-state index < -0.39 is 72.0 Å². The Morgan fingerprint density at radius 1 is 1.01 bits per heavy atom. The highest BCUT2D eigenvalue weighted by Gasteiger charge is 2.48. The minimum absolute atomic E-state index is 0.0206. The molecule has 0 saturated carbocycles. The normalized spacial score (nSPS) is 21.5. The Kier molecular flexibility index (Phi) is 16.1. The molecule has 0 unspecified atom stereocenters. The van der Waals surface area contributed by atoms with E-state index in [1.165, 1.54) is 34.0 Å². The predicted octanol–water partition coefficient (Wildman–Crippen LogP) is 3.40. The molecule has 0 aliphatic carbocycles. The van der Waals surface area contributed by atoms with Gasteiger partial charge in [0.15, 0.2) is 12.0 Å². The number of aromatic nitrogens is 4. The van der Waals surface area contributed by atoms with Gasteiger partial charge in [0.2, 0.25) is 17.7 Å². The SMILES string of the molecule is Cc1ncsc1-c1ccc(CNC(=O)[C@@H]2C[C@@H](O)CN2C(=O)[C@@H](NC(=O)CCOCCCC(=O)COc2cc([C@@H](O)[C@H]3O[C@@H](n4ccc5c(N)ncnc54)[C@H](O)[C@@H]3O)ccc2Cl)C(C)(C)C)cc1. The molecule has 8 atom stereocenters. The Morgan fingerprint density at radius 2 is 1.78 bits per heavy atom. The molecule has 0 bridgehead atoms. The van der Waals surface area contributed by atoms with E-state index in [2.05, 4.69) is 25.6 Å². The molecule has 8 N–H and O–H groups in total. The molecule has 5 aromatic rings. The third-order valence-electron chi connectivity index (χ3n) is 12.0. The second-order valence-electron chi connectivity index (χ2n) is 18.1. The molecular weight excluding hydrogens is 920 g/mol. The summed E-state index contributed by atoms with van der Waals surface area (Å²) in [5.41, 5.74) is 10.5. The van der Waals surface area contributed by atoms with Crippen molar-refractivity contribution in [2.45, 2.75) is 109 Å². The van der Waals surface area contributed by atoms with Gasteiger partial charge in [0.25, 0.3) is 0 Å². The summed E-state index contributed by atoms with van der Waals surface area (Å²) < 4.78 is 18.8. The Hall–Kier alpha value is -5.58. The number of nitrogens with one attached hydrogen (secondary N) is 2. The van der Waals surface area contributed by atoms with Gasteiger partial charge in [-0.15, -0.1) is 11.3 Å². The number of nitrogen functional groups attached to an aromatic ring is 1. The number of aryl methyl sites for hydroxylation is 1. The zero-order valence-electron chi connectivity index (χ0n) is 38.1. The van der Waals surface area contributed by atoms with Gasteiger partial charge < -0.3 is 60.5 Å². The first-order chi connectivity index (χ1) is 32.4. The van der Waals surface area contributed by atoms with Crippen LogP contribution in [0.3, 0.4) is 0 Å². The van der Waals surface area contributed by atoms with Crippen LogP contribution in [0.1, 0.15) is 75.6 Å². The number of ether oxygens (including phenoxy) is 3. The number of nitrogens with zero attached hydrogens (tertiary/aromatic N) is 5. The van der Waals surface area contributed by atoms with Crippen LogP contribution in [-0.4, -0.2) is 131 Å². The Morgan fingerprint density at radius 3 is 2.50 bits per heavy atom. The Balaban J connectivity index is 0.827. The van der Waals surface area contributed by atoms with Crippen molar-refractivity contribution in [3.63, 3.8) is 0 Å². The topological polar surface area (TPSA) is 274 Å². The number of fused-ring (bicyclic) bond motifs is 1. The van der Waals surface area contributed by atoms with Gasteiger partial charge in [-0.25, -0.2) is 15.0 Å². The van der Waals surface area contributed by atoms with Crippen LogP contribution < -0.4 is 21.1 Å². The van der Waals surface area contributed by atoms with Crippen molar-refractivity contribution in [2.24, 2.45) is 5.41 Å². The fourth-order valence-electron chi connectivity index (χ4n) is 8.26. The van der Waals surface area contributed by atoms with E-state index in [-0.39, 0.29) is 80.1 Å². The zero-order valence-corrected chi connectivity index (χ0v) is 39.7. The van der Waals surface area contributed by atoms with Crippen molar-refractivity contribution in [1.82, 2.24) is 35.1 Å². The third-order valence-corrected chi connectivity index (χ3v) is 13.3. The summed E-state index contributed by atoms with van der Waals surface area (Å²) in [6, 6.07) is 11.9. The molecule has 2 saturated heterocycles. The van der Waals surface area contributed by atoms with E-state index in [9.17, 15) is 39.6 Å². The first kappa shape index (κ1) is 50.3. The van der Waals surface area contributed by atoms with Gasteiger partial charge in [0.1, 0.15) is 66.6 Å². The third kappa shape index (κ3) is 11.6. The second kappa shape index (κ2) is 21.8. The molecule has 7 rings (SSSR count). The highest BCUT2D eigenvalue weighted by Crippen LogP contribution is 2.39. The fraction of sp³-hybridized carbons (Fsp3) is 0.468. The largest absolute Gasteiger partial charge is 0.484 e. The Labute approximate surface area is 401 Å². The predicted molar refractivity (Wildman–Crippen MR) is 251 cm³/mol. The van der Waals surface area contributed by atoms with Crippen LogP contribution in [0.25, 0.3) is 21.5 Å². The van der Waals surface area contributed by atoms with Gasteiger partial charge in [0, 0.05) is 45.2 Å². The monoisotopic (exact) mass is 976 g/mol. The highest BCUT2D eigenvalue weighted by atomic mass is 35.5. The molecule has 3 aromatic heterocycles. The van der Waals surface area contributed by atoms with Crippen LogP contribution in [-0.2, 0) is 35.2 Å². The Bertz CT molecular complexity index is 2590. The number of Topliss-reactive ketones (excluding diaryl/α,β-unsaturated/α-hetero) is 1. The number of hydrogen-bond donors (Lipinski definition) is 7. The molecular formula is C47H57ClN8O11S. The molecule has 2 aliphatic heterocycles. The first-order valence-corrected chi connectivity index (χ1v) is 23.5. The number of nitrogens with two attached hydrogens (primary N) is 1. The fourth-order valence-corrected chi connectivity index (χ4v) is 9.24. The molecule has 2 aliphatic rings. The molecule has 3 amide bonds. The molecule has 19 nitrogen and oxygen atoms in total. The minimum Gasteiger partial charge on any atom is -0.484 e. The number of halogens is 1. The van der Waals surface area contributed by atoms with Crippen LogP contribution >= 0.6 is 22.9 Å². The lowest BCUT2D eigenvalue weighted by atomic mass is 9.85. The lowest BCUT2D eigenvalue weighted by molar-refractivity contribution is -0.144. The molecule has 364 valence electrons. The smallest absolute Gasteiger partial charge is 0.246 e. The van der Waals surface area contributed by atoms with Crippen LogP contribution in [0.4, 0.5) is 5.82 Å². The van der Waals surface area contributed by atoms with E-state index >= 15 is 0 Å². The standard InChI is InChI=1S/C47H57ClN8O11S/c1-25-40(68-24-53-25)27-9-7-26(8-10-27)20-50-44(63)33-19-30(58)21-56(33)45(64)41(47(2,3)4)54-35(59)14-17-65-16-5-6-29(57)22-66-34-18-28(11-12-32(34)48)36(60)39-37(61)38(62)46(67-39)55-15-13-31-42(49)51-23-52-43(31)55/h7-13,15,18,23-24,30,33,36-39,41,46,58,60-62H,5-6,14,16-17,19-22H2,1-4H3,(H,50,63)(H,54,59)(H2,49,51,52)/t30-,33+,36-,37+,38-,39-,41-,46-/m1/s1.